The molecule has 0 radical (unpaired) electrons. The Morgan fingerprint density at radius 1 is 1.32 bits per heavy atom. The van der Waals surface area contributed by atoms with Gasteiger partial charge in [-0.3, -0.25) is 9.80 Å². The number of halogens is 3. The van der Waals surface area contributed by atoms with Crippen LogP contribution in [0.4, 0.5) is 13.2 Å². The number of hydrogen-bond donors (Lipinski definition) is 1. The summed E-state index contributed by atoms with van der Waals surface area (Å²) in [6.45, 7) is 5.69. The lowest BCUT2D eigenvalue weighted by Gasteiger charge is -2.38. The zero-order valence-electron chi connectivity index (χ0n) is 10.9. The van der Waals surface area contributed by atoms with E-state index in [2.05, 4.69) is 9.80 Å². The van der Waals surface area contributed by atoms with Gasteiger partial charge in [0, 0.05) is 38.5 Å². The maximum Gasteiger partial charge on any atom is 0.441 e. The van der Waals surface area contributed by atoms with E-state index in [1.165, 1.54) is 0 Å². The minimum absolute atomic E-state index is 0.0477. The summed E-state index contributed by atoms with van der Waals surface area (Å²) in [4.78, 5) is 4.78. The van der Waals surface area contributed by atoms with E-state index in [9.17, 15) is 13.2 Å². The first kappa shape index (κ1) is 17.0. The van der Waals surface area contributed by atoms with Crippen molar-refractivity contribution >= 4 is 29.0 Å². The molecule has 0 aromatic rings. The van der Waals surface area contributed by atoms with Crippen LogP contribution in [-0.2, 0) is 0 Å². The van der Waals surface area contributed by atoms with Crippen LogP contribution in [0, 0.1) is 0 Å². The Labute approximate surface area is 121 Å². The van der Waals surface area contributed by atoms with E-state index in [4.69, 9.17) is 18.0 Å². The highest BCUT2D eigenvalue weighted by Gasteiger charge is 2.29. The monoisotopic (exact) mass is 315 g/mol. The average molecular weight is 315 g/mol. The molecule has 3 nitrogen and oxygen atoms in total. The van der Waals surface area contributed by atoms with E-state index in [0.29, 0.717) is 11.5 Å². The first-order chi connectivity index (χ1) is 8.83. The van der Waals surface area contributed by atoms with Crippen LogP contribution in [0.2, 0.25) is 0 Å². The fourth-order valence-electron chi connectivity index (χ4n) is 2.23. The van der Waals surface area contributed by atoms with Gasteiger partial charge >= 0.3 is 5.51 Å². The summed E-state index contributed by atoms with van der Waals surface area (Å²) >= 11 is 5.08. The molecule has 1 atom stereocenters. The van der Waals surface area contributed by atoms with Gasteiger partial charge < -0.3 is 5.73 Å². The topological polar surface area (TPSA) is 32.5 Å². The van der Waals surface area contributed by atoms with Gasteiger partial charge in [0.2, 0.25) is 0 Å². The van der Waals surface area contributed by atoms with Crippen molar-refractivity contribution in [3.63, 3.8) is 0 Å². The van der Waals surface area contributed by atoms with E-state index in [1.807, 2.05) is 6.92 Å². The summed E-state index contributed by atoms with van der Waals surface area (Å²) < 4.78 is 36.1. The molecule has 1 heterocycles. The molecule has 0 saturated carbocycles. The molecule has 1 unspecified atom stereocenters. The minimum Gasteiger partial charge on any atom is -0.392 e. The molecule has 1 aliphatic heterocycles. The molecular weight excluding hydrogens is 295 g/mol. The lowest BCUT2D eigenvalue weighted by Crippen LogP contribution is -2.53. The van der Waals surface area contributed by atoms with Crippen LogP contribution >= 0.6 is 24.0 Å². The molecule has 0 bridgehead atoms. The third-order valence-electron chi connectivity index (χ3n) is 3.24. The van der Waals surface area contributed by atoms with Gasteiger partial charge in [-0.05, 0) is 18.2 Å². The second-order valence-electron chi connectivity index (χ2n) is 4.50. The van der Waals surface area contributed by atoms with Gasteiger partial charge in [0.25, 0.3) is 0 Å². The normalized spacial score (nSPS) is 20.4. The van der Waals surface area contributed by atoms with Gasteiger partial charge in [-0.1, -0.05) is 19.1 Å². The van der Waals surface area contributed by atoms with E-state index in [1.54, 1.807) is 0 Å². The van der Waals surface area contributed by atoms with E-state index < -0.39 is 5.51 Å². The molecule has 1 aliphatic rings. The average Bonchev–Trinajstić information content (AvgIpc) is 2.30. The highest BCUT2D eigenvalue weighted by atomic mass is 32.2. The predicted molar refractivity (Wildman–Crippen MR) is 77.4 cm³/mol. The SMILES string of the molecule is CCC(C(N)=S)N1CCN(CCSC(F)(F)F)CC1. The lowest BCUT2D eigenvalue weighted by molar-refractivity contribution is -0.0329. The summed E-state index contributed by atoms with van der Waals surface area (Å²) in [5.74, 6) is 0.0933. The van der Waals surface area contributed by atoms with Crippen molar-refractivity contribution < 1.29 is 13.2 Å². The Balaban J connectivity index is 2.27. The molecule has 0 aromatic heterocycles. The van der Waals surface area contributed by atoms with Gasteiger partial charge in [0.15, 0.2) is 0 Å². The smallest absolute Gasteiger partial charge is 0.392 e. The highest BCUT2D eigenvalue weighted by Crippen LogP contribution is 2.29. The lowest BCUT2D eigenvalue weighted by atomic mass is 10.1. The zero-order chi connectivity index (χ0) is 14.5. The first-order valence-electron chi connectivity index (χ1n) is 6.30. The Morgan fingerprint density at radius 3 is 2.32 bits per heavy atom. The third kappa shape index (κ3) is 6.29. The number of nitrogens with zero attached hydrogens (tertiary/aromatic N) is 2. The van der Waals surface area contributed by atoms with Crippen molar-refractivity contribution in [2.24, 2.45) is 5.73 Å². The van der Waals surface area contributed by atoms with Crippen LogP contribution in [0.25, 0.3) is 0 Å². The molecule has 0 aliphatic carbocycles. The van der Waals surface area contributed by atoms with Crippen LogP contribution in [-0.4, -0.2) is 64.8 Å². The molecule has 0 spiro atoms. The van der Waals surface area contributed by atoms with Crippen molar-refractivity contribution in [1.29, 1.82) is 0 Å². The summed E-state index contributed by atoms with van der Waals surface area (Å²) in [7, 11) is 0. The Hall–Kier alpha value is -0.0500. The summed E-state index contributed by atoms with van der Waals surface area (Å²) in [5.41, 5.74) is 1.56. The highest BCUT2D eigenvalue weighted by molar-refractivity contribution is 8.00. The van der Waals surface area contributed by atoms with Crippen LogP contribution in [0.5, 0.6) is 0 Å². The van der Waals surface area contributed by atoms with Crippen molar-refractivity contribution in [2.75, 3.05) is 38.5 Å². The molecule has 8 heteroatoms. The fraction of sp³-hybridized carbons (Fsp3) is 0.909. The molecule has 2 N–H and O–H groups in total. The quantitative estimate of drug-likeness (QED) is 0.757. The van der Waals surface area contributed by atoms with E-state index in [0.717, 1.165) is 32.6 Å². The van der Waals surface area contributed by atoms with Crippen molar-refractivity contribution in [3.05, 3.63) is 0 Å². The standard InChI is InChI=1S/C11H20F3N3S2/c1-2-9(10(15)18)17-5-3-16(4-6-17)7-8-19-11(12,13)14/h9H,2-8H2,1H3,(H2,15,18). The van der Waals surface area contributed by atoms with Crippen LogP contribution in [0.1, 0.15) is 13.3 Å². The minimum atomic E-state index is -4.12. The molecule has 0 aromatic carbocycles. The predicted octanol–water partition coefficient (Wildman–Crippen LogP) is 1.92. The first-order valence-corrected chi connectivity index (χ1v) is 7.69. The molecule has 112 valence electrons. The third-order valence-corrected chi connectivity index (χ3v) is 4.22. The van der Waals surface area contributed by atoms with Crippen molar-refractivity contribution in [3.8, 4) is 0 Å². The molecule has 1 saturated heterocycles. The zero-order valence-corrected chi connectivity index (χ0v) is 12.6. The number of nitrogens with two attached hydrogens (primary N) is 1. The maximum atomic E-state index is 12.0. The number of thiocarbonyl (C=S) groups is 1. The van der Waals surface area contributed by atoms with Gasteiger partial charge in [0.05, 0.1) is 11.0 Å². The van der Waals surface area contributed by atoms with Gasteiger partial charge in [-0.2, -0.15) is 13.2 Å². The number of hydrogen-bond acceptors (Lipinski definition) is 4. The number of alkyl halides is 3. The Morgan fingerprint density at radius 2 is 1.89 bits per heavy atom. The van der Waals surface area contributed by atoms with Crippen molar-refractivity contribution in [1.82, 2.24) is 9.80 Å². The van der Waals surface area contributed by atoms with Crippen LogP contribution in [0.3, 0.4) is 0 Å². The van der Waals surface area contributed by atoms with Crippen molar-refractivity contribution in [2.45, 2.75) is 24.9 Å². The van der Waals surface area contributed by atoms with E-state index in [-0.39, 0.29) is 23.6 Å². The van der Waals surface area contributed by atoms with Gasteiger partial charge in [-0.25, -0.2) is 0 Å². The number of piperazine rings is 1. The molecule has 0 amide bonds. The molecule has 19 heavy (non-hydrogen) atoms. The van der Waals surface area contributed by atoms with Gasteiger partial charge in [-0.15, -0.1) is 0 Å². The van der Waals surface area contributed by atoms with Gasteiger partial charge in [0.1, 0.15) is 0 Å². The van der Waals surface area contributed by atoms with Crippen LogP contribution in [0.15, 0.2) is 0 Å². The second kappa shape index (κ2) is 7.66. The maximum absolute atomic E-state index is 12.0. The fourth-order valence-corrected chi connectivity index (χ4v) is 3.13. The second-order valence-corrected chi connectivity index (χ2v) is 6.13. The Bertz CT molecular complexity index is 291. The number of thioether (sulfide) groups is 1. The summed E-state index contributed by atoms with van der Waals surface area (Å²) in [6, 6.07) is 0.113. The molecular formula is C11H20F3N3S2. The number of rotatable bonds is 6. The summed E-state index contributed by atoms with van der Waals surface area (Å²) in [6.07, 6.45) is 0.874. The molecule has 1 rings (SSSR count). The Kier molecular flexibility index (Phi) is 6.85. The molecule has 1 fully saturated rings. The summed E-state index contributed by atoms with van der Waals surface area (Å²) in [5, 5.41) is 0. The largest absolute Gasteiger partial charge is 0.441 e. The van der Waals surface area contributed by atoms with Crippen LogP contribution < -0.4 is 5.73 Å². The van der Waals surface area contributed by atoms with E-state index >= 15 is 0 Å².